The molecule has 0 aliphatic rings. The van der Waals surface area contributed by atoms with E-state index in [4.69, 9.17) is 0 Å². The summed E-state index contributed by atoms with van der Waals surface area (Å²) in [6.07, 6.45) is 1.04. The number of carbonyl (C=O) groups excluding carboxylic acids is 1. The Hall–Kier alpha value is -0.350. The second kappa shape index (κ2) is 6.01. The van der Waals surface area contributed by atoms with E-state index in [1.807, 2.05) is 24.9 Å². The van der Waals surface area contributed by atoms with Gasteiger partial charge in [-0.05, 0) is 53.7 Å². The van der Waals surface area contributed by atoms with E-state index in [0.717, 1.165) is 20.6 Å². The largest absolute Gasteiger partial charge is 0.338 e. The molecule has 4 heteroatoms. The van der Waals surface area contributed by atoms with Crippen LogP contribution in [0.2, 0.25) is 0 Å². The van der Waals surface area contributed by atoms with Gasteiger partial charge in [-0.2, -0.15) is 0 Å². The fourth-order valence-electron chi connectivity index (χ4n) is 1.78. The molecule has 0 bridgehead atoms. The number of aryl methyl sites for hydroxylation is 1. The molecule has 2 nitrogen and oxygen atoms in total. The Bertz CT molecular complexity index is 381. The Morgan fingerprint density at radius 1 is 1.47 bits per heavy atom. The Balaban J connectivity index is 2.75. The standard InChI is InChI=1S/C13H20BrNOS/c1-8(2)6-10(4)15(5)13(16)11-7-9(3)12(14)17-11/h7-8,10H,6H2,1-5H3. The minimum Gasteiger partial charge on any atom is -0.338 e. The van der Waals surface area contributed by atoms with E-state index in [2.05, 4.69) is 36.7 Å². The molecular weight excluding hydrogens is 298 g/mol. The lowest BCUT2D eigenvalue weighted by atomic mass is 10.0. The fourth-order valence-corrected chi connectivity index (χ4v) is 3.30. The minimum absolute atomic E-state index is 0.122. The average molecular weight is 318 g/mol. The van der Waals surface area contributed by atoms with Crippen molar-refractivity contribution in [3.63, 3.8) is 0 Å². The topological polar surface area (TPSA) is 20.3 Å². The summed E-state index contributed by atoms with van der Waals surface area (Å²) < 4.78 is 1.05. The molecule has 96 valence electrons. The molecule has 0 spiro atoms. The van der Waals surface area contributed by atoms with E-state index in [1.54, 1.807) is 0 Å². The molecule has 0 aliphatic heterocycles. The lowest BCUT2D eigenvalue weighted by Gasteiger charge is -2.25. The van der Waals surface area contributed by atoms with Gasteiger partial charge in [0, 0.05) is 13.1 Å². The van der Waals surface area contributed by atoms with Gasteiger partial charge in [-0.15, -0.1) is 11.3 Å². The van der Waals surface area contributed by atoms with Crippen molar-refractivity contribution in [3.05, 3.63) is 20.3 Å². The molecule has 1 heterocycles. The van der Waals surface area contributed by atoms with Gasteiger partial charge in [0.15, 0.2) is 0 Å². The molecule has 1 amide bonds. The quantitative estimate of drug-likeness (QED) is 0.809. The first-order valence-corrected chi connectivity index (χ1v) is 7.47. The first-order valence-electron chi connectivity index (χ1n) is 5.86. The molecule has 1 aromatic rings. The van der Waals surface area contributed by atoms with Crippen LogP contribution in [0, 0.1) is 12.8 Å². The van der Waals surface area contributed by atoms with Crippen LogP contribution in [-0.4, -0.2) is 23.9 Å². The summed E-state index contributed by atoms with van der Waals surface area (Å²) in [7, 11) is 1.89. The van der Waals surface area contributed by atoms with Gasteiger partial charge in [-0.3, -0.25) is 4.79 Å². The van der Waals surface area contributed by atoms with Crippen molar-refractivity contribution >= 4 is 33.2 Å². The summed E-state index contributed by atoms with van der Waals surface area (Å²) in [5.74, 6) is 0.731. The van der Waals surface area contributed by atoms with Gasteiger partial charge in [-0.1, -0.05) is 13.8 Å². The van der Waals surface area contributed by atoms with Crippen molar-refractivity contribution in [1.29, 1.82) is 0 Å². The molecule has 1 unspecified atom stereocenters. The van der Waals surface area contributed by atoms with Crippen molar-refractivity contribution in [2.75, 3.05) is 7.05 Å². The van der Waals surface area contributed by atoms with Crippen LogP contribution < -0.4 is 0 Å². The van der Waals surface area contributed by atoms with Gasteiger partial charge in [0.05, 0.1) is 8.66 Å². The molecule has 1 atom stereocenters. The number of hydrogen-bond acceptors (Lipinski definition) is 2. The second-order valence-corrected chi connectivity index (χ2v) is 7.33. The molecule has 0 fully saturated rings. The summed E-state index contributed by atoms with van der Waals surface area (Å²) in [5.41, 5.74) is 1.13. The van der Waals surface area contributed by atoms with Gasteiger partial charge < -0.3 is 4.90 Å². The van der Waals surface area contributed by atoms with Gasteiger partial charge in [0.2, 0.25) is 0 Å². The van der Waals surface area contributed by atoms with Crippen LogP contribution in [0.25, 0.3) is 0 Å². The number of hydrogen-bond donors (Lipinski definition) is 0. The van der Waals surface area contributed by atoms with E-state index < -0.39 is 0 Å². The van der Waals surface area contributed by atoms with Crippen molar-refractivity contribution < 1.29 is 4.79 Å². The third-order valence-electron chi connectivity index (χ3n) is 2.86. The van der Waals surface area contributed by atoms with E-state index >= 15 is 0 Å². The third-order valence-corrected chi connectivity index (χ3v) is 4.99. The summed E-state index contributed by atoms with van der Waals surface area (Å²) in [5, 5.41) is 0. The van der Waals surface area contributed by atoms with Gasteiger partial charge in [0.25, 0.3) is 5.91 Å². The first kappa shape index (κ1) is 14.7. The van der Waals surface area contributed by atoms with E-state index in [-0.39, 0.29) is 11.9 Å². The molecular formula is C13H20BrNOS. The van der Waals surface area contributed by atoms with Crippen LogP contribution in [0.4, 0.5) is 0 Å². The molecule has 0 saturated heterocycles. The van der Waals surface area contributed by atoms with Crippen LogP contribution in [0.15, 0.2) is 9.85 Å². The maximum Gasteiger partial charge on any atom is 0.263 e. The number of halogens is 1. The SMILES string of the molecule is Cc1cc(C(=O)N(C)C(C)CC(C)C)sc1Br. The summed E-state index contributed by atoms with van der Waals surface area (Å²) in [6.45, 7) is 8.48. The van der Waals surface area contributed by atoms with Gasteiger partial charge in [-0.25, -0.2) is 0 Å². The summed E-state index contributed by atoms with van der Waals surface area (Å²) in [6, 6.07) is 2.24. The zero-order valence-electron chi connectivity index (χ0n) is 11.1. The Morgan fingerprint density at radius 3 is 2.47 bits per heavy atom. The maximum absolute atomic E-state index is 12.2. The Kier molecular flexibility index (Phi) is 5.20. The predicted octanol–water partition coefficient (Wildman–Crippen LogP) is 4.33. The minimum atomic E-state index is 0.122. The number of amides is 1. The highest BCUT2D eigenvalue weighted by molar-refractivity contribution is 9.11. The monoisotopic (exact) mass is 317 g/mol. The summed E-state index contributed by atoms with van der Waals surface area (Å²) >= 11 is 4.97. The fraction of sp³-hybridized carbons (Fsp3) is 0.615. The first-order chi connectivity index (χ1) is 7.82. The predicted molar refractivity (Wildman–Crippen MR) is 77.8 cm³/mol. The zero-order valence-corrected chi connectivity index (χ0v) is 13.5. The van der Waals surface area contributed by atoms with Crippen molar-refractivity contribution in [3.8, 4) is 0 Å². The average Bonchev–Trinajstić information content (AvgIpc) is 2.56. The van der Waals surface area contributed by atoms with E-state index in [1.165, 1.54) is 11.3 Å². The van der Waals surface area contributed by atoms with Gasteiger partial charge in [0.1, 0.15) is 0 Å². The van der Waals surface area contributed by atoms with E-state index in [0.29, 0.717) is 5.92 Å². The number of rotatable bonds is 4. The maximum atomic E-state index is 12.2. The molecule has 1 aromatic heterocycles. The number of nitrogens with zero attached hydrogens (tertiary/aromatic N) is 1. The highest BCUT2D eigenvalue weighted by Gasteiger charge is 2.20. The van der Waals surface area contributed by atoms with Crippen molar-refractivity contribution in [1.82, 2.24) is 4.90 Å². The van der Waals surface area contributed by atoms with Crippen LogP contribution in [0.1, 0.15) is 42.4 Å². The Morgan fingerprint density at radius 2 is 2.06 bits per heavy atom. The highest BCUT2D eigenvalue weighted by atomic mass is 79.9. The normalized spacial score (nSPS) is 12.9. The Labute approximate surface area is 116 Å². The van der Waals surface area contributed by atoms with Crippen molar-refractivity contribution in [2.24, 2.45) is 5.92 Å². The van der Waals surface area contributed by atoms with Crippen LogP contribution >= 0.6 is 27.3 Å². The zero-order chi connectivity index (χ0) is 13.2. The summed E-state index contributed by atoms with van der Waals surface area (Å²) in [4.78, 5) is 14.9. The molecule has 0 saturated carbocycles. The molecule has 0 N–H and O–H groups in total. The molecule has 1 rings (SSSR count). The van der Waals surface area contributed by atoms with Crippen LogP contribution in [0.3, 0.4) is 0 Å². The second-order valence-electron chi connectivity index (χ2n) is 4.96. The molecule has 17 heavy (non-hydrogen) atoms. The molecule has 0 aromatic carbocycles. The molecule has 0 aliphatic carbocycles. The molecule has 0 radical (unpaired) electrons. The van der Waals surface area contributed by atoms with E-state index in [9.17, 15) is 4.79 Å². The van der Waals surface area contributed by atoms with Crippen LogP contribution in [-0.2, 0) is 0 Å². The highest BCUT2D eigenvalue weighted by Crippen LogP contribution is 2.28. The lowest BCUT2D eigenvalue weighted by Crippen LogP contribution is -2.35. The van der Waals surface area contributed by atoms with Gasteiger partial charge >= 0.3 is 0 Å². The smallest absolute Gasteiger partial charge is 0.263 e. The third kappa shape index (κ3) is 3.81. The van der Waals surface area contributed by atoms with Crippen molar-refractivity contribution in [2.45, 2.75) is 40.2 Å². The lowest BCUT2D eigenvalue weighted by molar-refractivity contribution is 0.0733. The van der Waals surface area contributed by atoms with Crippen LogP contribution in [0.5, 0.6) is 0 Å². The number of carbonyl (C=O) groups is 1. The number of thiophene rings is 1.